The van der Waals surface area contributed by atoms with Crippen LogP contribution in [0.15, 0.2) is 11.6 Å². The fraction of sp³-hybridized carbons (Fsp3) is 0.636. The van der Waals surface area contributed by atoms with Gasteiger partial charge in [-0.2, -0.15) is 0 Å². The summed E-state index contributed by atoms with van der Waals surface area (Å²) >= 11 is 1.60. The summed E-state index contributed by atoms with van der Waals surface area (Å²) in [5.74, 6) is 0.117. The van der Waals surface area contributed by atoms with Crippen molar-refractivity contribution < 1.29 is 4.79 Å². The van der Waals surface area contributed by atoms with Crippen molar-refractivity contribution in [3.63, 3.8) is 0 Å². The average Bonchev–Trinajstić information content (AvgIpc) is 2.80. The van der Waals surface area contributed by atoms with Crippen LogP contribution in [-0.4, -0.2) is 35.4 Å². The number of thiazole rings is 1. The molecular formula is C11H19N3OS. The Morgan fingerprint density at radius 3 is 2.81 bits per heavy atom. The van der Waals surface area contributed by atoms with Gasteiger partial charge in [0.25, 0.3) is 0 Å². The fourth-order valence-electron chi connectivity index (χ4n) is 1.45. The van der Waals surface area contributed by atoms with Crippen molar-refractivity contribution in [1.29, 1.82) is 0 Å². The second-order valence-corrected chi connectivity index (χ2v) is 4.76. The largest absolute Gasteiger partial charge is 0.345 e. The maximum Gasteiger partial charge on any atom is 0.239 e. The van der Waals surface area contributed by atoms with Crippen molar-refractivity contribution in [3.8, 4) is 0 Å². The van der Waals surface area contributed by atoms with Crippen LogP contribution in [0, 0.1) is 0 Å². The lowest BCUT2D eigenvalue weighted by Crippen LogP contribution is -2.43. The Labute approximate surface area is 101 Å². The molecule has 0 aliphatic rings. The van der Waals surface area contributed by atoms with Gasteiger partial charge in [0, 0.05) is 25.2 Å². The van der Waals surface area contributed by atoms with Crippen LogP contribution in [-0.2, 0) is 4.79 Å². The summed E-state index contributed by atoms with van der Waals surface area (Å²) in [6.45, 7) is 6.61. The van der Waals surface area contributed by atoms with E-state index < -0.39 is 0 Å². The Morgan fingerprint density at radius 1 is 1.62 bits per heavy atom. The molecule has 16 heavy (non-hydrogen) atoms. The Balaban J connectivity index is 2.51. The molecule has 1 amide bonds. The standard InChI is InChI=1S/C11H19N3OS/c1-5-14(4)11(15)9(3)13-8(2)10-12-6-7-16-10/h6-9,13H,5H2,1-4H3. The Morgan fingerprint density at radius 2 is 2.31 bits per heavy atom. The van der Waals surface area contributed by atoms with Crippen LogP contribution in [0.5, 0.6) is 0 Å². The zero-order valence-electron chi connectivity index (χ0n) is 10.2. The first-order chi connectivity index (χ1) is 7.56. The molecule has 0 fully saturated rings. The van der Waals surface area contributed by atoms with Gasteiger partial charge in [-0.05, 0) is 20.8 Å². The van der Waals surface area contributed by atoms with E-state index in [2.05, 4.69) is 10.3 Å². The number of nitrogens with one attached hydrogen (secondary N) is 1. The van der Waals surface area contributed by atoms with Crippen molar-refractivity contribution in [2.75, 3.05) is 13.6 Å². The summed E-state index contributed by atoms with van der Waals surface area (Å²) in [4.78, 5) is 17.8. The van der Waals surface area contributed by atoms with Gasteiger partial charge in [0.15, 0.2) is 0 Å². The number of hydrogen-bond donors (Lipinski definition) is 1. The summed E-state index contributed by atoms with van der Waals surface area (Å²) in [6, 6.07) is -0.0620. The molecule has 2 unspecified atom stereocenters. The van der Waals surface area contributed by atoms with Gasteiger partial charge in [0.2, 0.25) is 5.91 Å². The summed E-state index contributed by atoms with van der Waals surface area (Å²) in [6.07, 6.45) is 1.78. The fourth-order valence-corrected chi connectivity index (χ4v) is 2.11. The maximum absolute atomic E-state index is 11.8. The van der Waals surface area contributed by atoms with E-state index in [1.807, 2.05) is 33.2 Å². The number of carbonyl (C=O) groups is 1. The Hall–Kier alpha value is -0.940. The Bertz CT molecular complexity index is 326. The molecule has 0 saturated heterocycles. The lowest BCUT2D eigenvalue weighted by Gasteiger charge is -2.22. The molecule has 1 aromatic heterocycles. The molecule has 0 bridgehead atoms. The summed E-state index contributed by atoms with van der Waals surface area (Å²) in [7, 11) is 1.81. The quantitative estimate of drug-likeness (QED) is 0.852. The molecular weight excluding hydrogens is 222 g/mol. The van der Waals surface area contributed by atoms with Crippen LogP contribution < -0.4 is 5.32 Å². The molecule has 0 aliphatic heterocycles. The molecule has 1 rings (SSSR count). The second kappa shape index (κ2) is 5.96. The van der Waals surface area contributed by atoms with Gasteiger partial charge in [0.05, 0.1) is 12.1 Å². The minimum absolute atomic E-state index is 0.115. The van der Waals surface area contributed by atoms with Crippen molar-refractivity contribution in [2.45, 2.75) is 32.9 Å². The van der Waals surface area contributed by atoms with Crippen LogP contribution in [0.1, 0.15) is 31.8 Å². The molecule has 1 N–H and O–H groups in total. The van der Waals surface area contributed by atoms with E-state index in [1.165, 1.54) is 0 Å². The number of aromatic nitrogens is 1. The predicted molar refractivity (Wildman–Crippen MR) is 66.4 cm³/mol. The first kappa shape index (κ1) is 13.1. The van der Waals surface area contributed by atoms with Crippen molar-refractivity contribution in [1.82, 2.24) is 15.2 Å². The highest BCUT2D eigenvalue weighted by atomic mass is 32.1. The van der Waals surface area contributed by atoms with Gasteiger partial charge in [-0.15, -0.1) is 11.3 Å². The zero-order valence-corrected chi connectivity index (χ0v) is 11.0. The molecule has 2 atom stereocenters. The van der Waals surface area contributed by atoms with Crippen LogP contribution in [0.25, 0.3) is 0 Å². The van der Waals surface area contributed by atoms with Gasteiger partial charge in [0.1, 0.15) is 5.01 Å². The lowest BCUT2D eigenvalue weighted by atomic mass is 10.2. The number of likely N-dealkylation sites (N-methyl/N-ethyl adjacent to an activating group) is 1. The normalized spacial score (nSPS) is 14.5. The lowest BCUT2D eigenvalue weighted by molar-refractivity contribution is -0.131. The monoisotopic (exact) mass is 241 g/mol. The SMILES string of the molecule is CCN(C)C(=O)C(C)NC(C)c1nccs1. The third-order valence-corrected chi connectivity index (χ3v) is 3.50. The van der Waals surface area contributed by atoms with E-state index in [9.17, 15) is 4.79 Å². The van der Waals surface area contributed by atoms with Gasteiger partial charge < -0.3 is 4.90 Å². The minimum atomic E-state index is -0.177. The third kappa shape index (κ3) is 3.28. The molecule has 1 aromatic rings. The number of hydrogen-bond acceptors (Lipinski definition) is 4. The van der Waals surface area contributed by atoms with E-state index in [4.69, 9.17) is 0 Å². The van der Waals surface area contributed by atoms with Crippen molar-refractivity contribution in [2.24, 2.45) is 0 Å². The smallest absolute Gasteiger partial charge is 0.239 e. The van der Waals surface area contributed by atoms with Crippen LogP contribution >= 0.6 is 11.3 Å². The minimum Gasteiger partial charge on any atom is -0.345 e. The van der Waals surface area contributed by atoms with E-state index in [1.54, 1.807) is 22.4 Å². The topological polar surface area (TPSA) is 45.2 Å². The number of rotatable bonds is 5. The molecule has 0 aromatic carbocycles. The van der Waals surface area contributed by atoms with Gasteiger partial charge in [-0.25, -0.2) is 4.98 Å². The second-order valence-electron chi connectivity index (χ2n) is 3.83. The van der Waals surface area contributed by atoms with Crippen molar-refractivity contribution >= 4 is 17.2 Å². The molecule has 0 aliphatic carbocycles. The van der Waals surface area contributed by atoms with Gasteiger partial charge >= 0.3 is 0 Å². The van der Waals surface area contributed by atoms with Crippen LogP contribution in [0.4, 0.5) is 0 Å². The molecule has 5 heteroatoms. The van der Waals surface area contributed by atoms with E-state index in [0.29, 0.717) is 0 Å². The van der Waals surface area contributed by atoms with Crippen molar-refractivity contribution in [3.05, 3.63) is 16.6 Å². The molecule has 0 radical (unpaired) electrons. The number of nitrogens with zero attached hydrogens (tertiary/aromatic N) is 2. The highest BCUT2D eigenvalue weighted by Crippen LogP contribution is 2.15. The molecule has 90 valence electrons. The molecule has 0 saturated carbocycles. The summed E-state index contributed by atoms with van der Waals surface area (Å²) in [5.41, 5.74) is 0. The third-order valence-electron chi connectivity index (χ3n) is 2.54. The first-order valence-electron chi connectivity index (χ1n) is 5.46. The number of carbonyl (C=O) groups excluding carboxylic acids is 1. The van der Waals surface area contributed by atoms with E-state index in [0.717, 1.165) is 11.6 Å². The summed E-state index contributed by atoms with van der Waals surface area (Å²) in [5, 5.41) is 6.21. The van der Waals surface area contributed by atoms with E-state index >= 15 is 0 Å². The average molecular weight is 241 g/mol. The predicted octanol–water partition coefficient (Wildman–Crippen LogP) is 1.66. The Kier molecular flexibility index (Phi) is 4.89. The van der Waals surface area contributed by atoms with Gasteiger partial charge in [-0.3, -0.25) is 10.1 Å². The first-order valence-corrected chi connectivity index (χ1v) is 6.34. The summed E-state index contributed by atoms with van der Waals surface area (Å²) < 4.78 is 0. The maximum atomic E-state index is 11.8. The number of amides is 1. The highest BCUT2D eigenvalue weighted by Gasteiger charge is 2.19. The molecule has 0 spiro atoms. The zero-order chi connectivity index (χ0) is 12.1. The van der Waals surface area contributed by atoms with Crippen LogP contribution in [0.2, 0.25) is 0 Å². The van der Waals surface area contributed by atoms with E-state index in [-0.39, 0.29) is 18.0 Å². The van der Waals surface area contributed by atoms with Gasteiger partial charge in [-0.1, -0.05) is 0 Å². The molecule has 4 nitrogen and oxygen atoms in total. The van der Waals surface area contributed by atoms with Crippen LogP contribution in [0.3, 0.4) is 0 Å². The highest BCUT2D eigenvalue weighted by molar-refractivity contribution is 7.09. The molecule has 1 heterocycles.